The molecule has 0 aliphatic carbocycles. The lowest BCUT2D eigenvalue weighted by Gasteiger charge is -2.24. The molecule has 116 valence electrons. The Kier molecular flexibility index (Phi) is 4.83. The van der Waals surface area contributed by atoms with Gasteiger partial charge in [0.15, 0.2) is 5.69 Å². The molecule has 5 nitrogen and oxygen atoms in total. The number of halogens is 1. The summed E-state index contributed by atoms with van der Waals surface area (Å²) in [5.41, 5.74) is 0.114. The third kappa shape index (κ3) is 3.64. The van der Waals surface area contributed by atoms with Gasteiger partial charge in [0.25, 0.3) is 0 Å². The largest absolute Gasteiger partial charge is 0.476 e. The second-order valence-electron chi connectivity index (χ2n) is 5.25. The first-order chi connectivity index (χ1) is 10.3. The molecule has 2 rings (SSSR count). The van der Waals surface area contributed by atoms with Crippen molar-refractivity contribution in [3.05, 3.63) is 50.9 Å². The number of nitrogens with one attached hydrogen (secondary N) is 1. The van der Waals surface area contributed by atoms with Crippen LogP contribution in [0.25, 0.3) is 0 Å². The standard InChI is InChI=1S/C15H15ClN2O3S/c1-15(2,9-3-5-10(16)6-4-9)14(21)17-7-12-18-11(8-22-12)13(19)20/h3-6,8H,7H2,1-2H3,(H,17,21)(H,19,20). The van der Waals surface area contributed by atoms with Crippen LogP contribution in [0, 0.1) is 0 Å². The van der Waals surface area contributed by atoms with Gasteiger partial charge in [-0.1, -0.05) is 23.7 Å². The Morgan fingerprint density at radius 2 is 1.95 bits per heavy atom. The van der Waals surface area contributed by atoms with E-state index in [2.05, 4.69) is 10.3 Å². The first-order valence-electron chi connectivity index (χ1n) is 6.53. The van der Waals surface area contributed by atoms with Crippen LogP contribution in [0.2, 0.25) is 5.02 Å². The minimum atomic E-state index is -1.07. The molecule has 1 aromatic heterocycles. The summed E-state index contributed by atoms with van der Waals surface area (Å²) in [7, 11) is 0. The lowest BCUT2D eigenvalue weighted by molar-refractivity contribution is -0.125. The van der Waals surface area contributed by atoms with Gasteiger partial charge in [0.2, 0.25) is 5.91 Å². The highest BCUT2D eigenvalue weighted by Gasteiger charge is 2.29. The summed E-state index contributed by atoms with van der Waals surface area (Å²) in [4.78, 5) is 27.1. The Morgan fingerprint density at radius 1 is 1.32 bits per heavy atom. The fourth-order valence-electron chi connectivity index (χ4n) is 1.86. The summed E-state index contributed by atoms with van der Waals surface area (Å²) in [6.45, 7) is 3.83. The predicted molar refractivity (Wildman–Crippen MR) is 85.4 cm³/mol. The summed E-state index contributed by atoms with van der Waals surface area (Å²) in [6, 6.07) is 7.11. The monoisotopic (exact) mass is 338 g/mol. The molecule has 1 heterocycles. The maximum Gasteiger partial charge on any atom is 0.355 e. The molecule has 22 heavy (non-hydrogen) atoms. The van der Waals surface area contributed by atoms with Crippen LogP contribution < -0.4 is 5.32 Å². The predicted octanol–water partition coefficient (Wildman–Crippen LogP) is 3.09. The molecule has 0 saturated carbocycles. The van der Waals surface area contributed by atoms with E-state index in [1.807, 2.05) is 26.0 Å². The van der Waals surface area contributed by atoms with Crippen LogP contribution in [0.3, 0.4) is 0 Å². The second kappa shape index (κ2) is 6.46. The molecule has 0 fully saturated rings. The molecule has 0 bridgehead atoms. The van der Waals surface area contributed by atoms with Crippen molar-refractivity contribution >= 4 is 34.8 Å². The Bertz CT molecular complexity index is 695. The van der Waals surface area contributed by atoms with Crippen molar-refractivity contribution in [3.63, 3.8) is 0 Å². The molecule has 0 spiro atoms. The lowest BCUT2D eigenvalue weighted by atomic mass is 9.84. The van der Waals surface area contributed by atoms with Crippen LogP contribution in [0.15, 0.2) is 29.6 Å². The van der Waals surface area contributed by atoms with Gasteiger partial charge in [0, 0.05) is 10.4 Å². The van der Waals surface area contributed by atoms with E-state index in [0.717, 1.165) is 5.56 Å². The first kappa shape index (κ1) is 16.5. The first-order valence-corrected chi connectivity index (χ1v) is 7.78. The summed E-state index contributed by atoms with van der Waals surface area (Å²) < 4.78 is 0. The van der Waals surface area contributed by atoms with E-state index in [0.29, 0.717) is 10.0 Å². The molecule has 0 aliphatic rings. The van der Waals surface area contributed by atoms with Crippen LogP contribution in [-0.4, -0.2) is 22.0 Å². The molecule has 2 N–H and O–H groups in total. The van der Waals surface area contributed by atoms with E-state index in [4.69, 9.17) is 16.7 Å². The maximum atomic E-state index is 12.4. The quantitative estimate of drug-likeness (QED) is 0.878. The number of thiazole rings is 1. The lowest BCUT2D eigenvalue weighted by Crippen LogP contribution is -2.39. The fraction of sp³-hybridized carbons (Fsp3) is 0.267. The topological polar surface area (TPSA) is 79.3 Å². The highest BCUT2D eigenvalue weighted by molar-refractivity contribution is 7.09. The minimum absolute atomic E-state index is 0.00814. The molecule has 0 unspecified atom stereocenters. The van der Waals surface area contributed by atoms with Crippen molar-refractivity contribution in [2.24, 2.45) is 0 Å². The third-order valence-electron chi connectivity index (χ3n) is 3.30. The van der Waals surface area contributed by atoms with E-state index in [1.165, 1.54) is 16.7 Å². The van der Waals surface area contributed by atoms with Crippen LogP contribution in [0.5, 0.6) is 0 Å². The minimum Gasteiger partial charge on any atom is -0.476 e. The third-order valence-corrected chi connectivity index (χ3v) is 4.41. The van der Waals surface area contributed by atoms with Crippen LogP contribution in [0.4, 0.5) is 0 Å². The highest BCUT2D eigenvalue weighted by atomic mass is 35.5. The van der Waals surface area contributed by atoms with Gasteiger partial charge in [-0.3, -0.25) is 4.79 Å². The number of carbonyl (C=O) groups excluding carboxylic acids is 1. The average molecular weight is 339 g/mol. The zero-order valence-electron chi connectivity index (χ0n) is 12.1. The number of hydrogen-bond donors (Lipinski definition) is 2. The molecule has 1 aromatic carbocycles. The van der Waals surface area contributed by atoms with Gasteiger partial charge in [-0.05, 0) is 31.5 Å². The molecular weight excluding hydrogens is 324 g/mol. The maximum absolute atomic E-state index is 12.4. The Hall–Kier alpha value is -1.92. The van der Waals surface area contributed by atoms with Crippen molar-refractivity contribution < 1.29 is 14.7 Å². The zero-order chi connectivity index (χ0) is 16.3. The van der Waals surface area contributed by atoms with Crippen molar-refractivity contribution in [1.82, 2.24) is 10.3 Å². The summed E-state index contributed by atoms with van der Waals surface area (Å²) in [5.74, 6) is -1.24. The summed E-state index contributed by atoms with van der Waals surface area (Å²) in [6.07, 6.45) is 0. The average Bonchev–Trinajstić information content (AvgIpc) is 2.94. The summed E-state index contributed by atoms with van der Waals surface area (Å²) >= 11 is 7.06. The van der Waals surface area contributed by atoms with Gasteiger partial charge < -0.3 is 10.4 Å². The molecule has 2 aromatic rings. The van der Waals surface area contributed by atoms with E-state index < -0.39 is 11.4 Å². The number of benzene rings is 1. The van der Waals surface area contributed by atoms with E-state index in [-0.39, 0.29) is 18.1 Å². The highest BCUT2D eigenvalue weighted by Crippen LogP contribution is 2.25. The van der Waals surface area contributed by atoms with E-state index in [1.54, 1.807) is 12.1 Å². The Balaban J connectivity index is 2.04. The van der Waals surface area contributed by atoms with Crippen molar-refractivity contribution in [1.29, 1.82) is 0 Å². The molecule has 0 aliphatic heterocycles. The van der Waals surface area contributed by atoms with Crippen molar-refractivity contribution in [2.75, 3.05) is 0 Å². The molecule has 7 heteroatoms. The van der Waals surface area contributed by atoms with Crippen molar-refractivity contribution in [3.8, 4) is 0 Å². The number of carboxylic acids is 1. The summed E-state index contributed by atoms with van der Waals surface area (Å²) in [5, 5.41) is 14.2. The molecule has 0 radical (unpaired) electrons. The van der Waals surface area contributed by atoms with Gasteiger partial charge >= 0.3 is 5.97 Å². The molecule has 0 saturated heterocycles. The van der Waals surface area contributed by atoms with E-state index >= 15 is 0 Å². The second-order valence-corrected chi connectivity index (χ2v) is 6.63. The molecule has 1 amide bonds. The number of carboxylic acid groups (broad SMARTS) is 1. The fourth-order valence-corrected chi connectivity index (χ4v) is 2.70. The number of rotatable bonds is 5. The Morgan fingerprint density at radius 3 is 2.50 bits per heavy atom. The van der Waals surface area contributed by atoms with Crippen LogP contribution in [0.1, 0.15) is 34.9 Å². The zero-order valence-corrected chi connectivity index (χ0v) is 13.7. The van der Waals surface area contributed by atoms with E-state index in [9.17, 15) is 9.59 Å². The number of hydrogen-bond acceptors (Lipinski definition) is 4. The number of amides is 1. The van der Waals surface area contributed by atoms with Gasteiger partial charge in [-0.15, -0.1) is 11.3 Å². The number of aromatic carboxylic acids is 1. The number of carbonyl (C=O) groups is 2. The van der Waals surface area contributed by atoms with Gasteiger partial charge in [0.05, 0.1) is 12.0 Å². The molecular formula is C15H15ClN2O3S. The van der Waals surface area contributed by atoms with Crippen LogP contribution in [-0.2, 0) is 16.8 Å². The van der Waals surface area contributed by atoms with Gasteiger partial charge in [0.1, 0.15) is 5.01 Å². The van der Waals surface area contributed by atoms with Crippen LogP contribution >= 0.6 is 22.9 Å². The number of nitrogens with zero attached hydrogens (tertiary/aromatic N) is 1. The van der Waals surface area contributed by atoms with Gasteiger partial charge in [-0.2, -0.15) is 0 Å². The Labute approximate surface area is 137 Å². The van der Waals surface area contributed by atoms with Crippen molar-refractivity contribution in [2.45, 2.75) is 25.8 Å². The smallest absolute Gasteiger partial charge is 0.355 e. The normalized spacial score (nSPS) is 11.2. The molecule has 0 atom stereocenters. The number of aromatic nitrogens is 1. The SMILES string of the molecule is CC(C)(C(=O)NCc1nc(C(=O)O)cs1)c1ccc(Cl)cc1. The van der Waals surface area contributed by atoms with Gasteiger partial charge in [-0.25, -0.2) is 9.78 Å².